The largest absolute Gasteiger partial charge is 0.391 e. The van der Waals surface area contributed by atoms with E-state index in [4.69, 9.17) is 16.7 Å². The van der Waals surface area contributed by atoms with Crippen LogP contribution in [-0.4, -0.2) is 11.7 Å². The first-order valence-corrected chi connectivity index (χ1v) is 5.75. The van der Waals surface area contributed by atoms with Crippen LogP contribution in [0.15, 0.2) is 23.8 Å². The van der Waals surface area contributed by atoms with Crippen LogP contribution in [0.25, 0.3) is 0 Å². The van der Waals surface area contributed by atoms with Crippen molar-refractivity contribution in [1.82, 2.24) is 0 Å². The molecule has 0 aromatic rings. The fraction of sp³-hybridized carbons (Fsp3) is 0.667. The Morgan fingerprint density at radius 1 is 1.07 bits per heavy atom. The minimum absolute atomic E-state index is 0.0269. The summed E-state index contributed by atoms with van der Waals surface area (Å²) in [6.45, 7) is 3.66. The van der Waals surface area contributed by atoms with E-state index in [0.717, 1.165) is 12.8 Å². The van der Waals surface area contributed by atoms with Crippen molar-refractivity contribution in [3.8, 4) is 0 Å². The van der Waals surface area contributed by atoms with Crippen molar-refractivity contribution in [2.75, 3.05) is 6.61 Å². The number of halogens is 1. The molecule has 0 unspecified atom stereocenters. The first kappa shape index (κ1) is 13.7. The molecule has 0 spiro atoms. The summed E-state index contributed by atoms with van der Waals surface area (Å²) >= 11 is 5.65. The van der Waals surface area contributed by atoms with E-state index in [0.29, 0.717) is 5.03 Å². The quantitative estimate of drug-likeness (QED) is 0.456. The molecule has 2 heteroatoms. The Labute approximate surface area is 92.5 Å². The zero-order chi connectivity index (χ0) is 10.6. The lowest BCUT2D eigenvalue weighted by Gasteiger charge is -1.98. The van der Waals surface area contributed by atoms with Gasteiger partial charge in [-0.3, -0.25) is 0 Å². The monoisotopic (exact) mass is 216 g/mol. The number of allylic oxidation sites excluding steroid dienone is 2. The van der Waals surface area contributed by atoms with Crippen molar-refractivity contribution in [1.29, 1.82) is 0 Å². The van der Waals surface area contributed by atoms with E-state index in [-0.39, 0.29) is 6.61 Å². The Kier molecular flexibility index (Phi) is 10.6. The van der Waals surface area contributed by atoms with Crippen LogP contribution < -0.4 is 0 Å². The number of aliphatic hydroxyl groups is 1. The smallest absolute Gasteiger partial charge is 0.0784 e. The average molecular weight is 217 g/mol. The minimum atomic E-state index is -0.0269. The third kappa shape index (κ3) is 9.82. The Bertz CT molecular complexity index is 164. The summed E-state index contributed by atoms with van der Waals surface area (Å²) in [5.41, 5.74) is 0. The zero-order valence-electron chi connectivity index (χ0n) is 8.84. The standard InChI is InChI=1S/C12H21ClO/c1-2-3-4-5-6-7-8-9-10-12(13)11-14/h2,10,14H,1,3-9,11H2. The van der Waals surface area contributed by atoms with Gasteiger partial charge in [-0.25, -0.2) is 0 Å². The van der Waals surface area contributed by atoms with Gasteiger partial charge in [0.15, 0.2) is 0 Å². The van der Waals surface area contributed by atoms with Crippen LogP contribution in [0.4, 0.5) is 0 Å². The highest BCUT2D eigenvalue weighted by molar-refractivity contribution is 6.29. The zero-order valence-corrected chi connectivity index (χ0v) is 9.60. The van der Waals surface area contributed by atoms with Gasteiger partial charge in [0, 0.05) is 5.03 Å². The molecule has 0 fully saturated rings. The van der Waals surface area contributed by atoms with Crippen molar-refractivity contribution >= 4 is 11.6 Å². The fourth-order valence-corrected chi connectivity index (χ4v) is 1.40. The Balaban J connectivity index is 3.09. The molecule has 0 amide bonds. The maximum absolute atomic E-state index is 8.62. The van der Waals surface area contributed by atoms with Gasteiger partial charge >= 0.3 is 0 Å². The van der Waals surface area contributed by atoms with E-state index >= 15 is 0 Å². The molecule has 0 heterocycles. The van der Waals surface area contributed by atoms with E-state index < -0.39 is 0 Å². The van der Waals surface area contributed by atoms with E-state index in [1.165, 1.54) is 32.1 Å². The molecule has 0 aromatic heterocycles. The van der Waals surface area contributed by atoms with Crippen molar-refractivity contribution < 1.29 is 5.11 Å². The molecule has 14 heavy (non-hydrogen) atoms. The number of hydrogen-bond acceptors (Lipinski definition) is 1. The Hall–Kier alpha value is -0.270. The molecule has 0 aliphatic carbocycles. The van der Waals surface area contributed by atoms with Gasteiger partial charge in [0.05, 0.1) is 6.61 Å². The highest BCUT2D eigenvalue weighted by atomic mass is 35.5. The van der Waals surface area contributed by atoms with Crippen molar-refractivity contribution in [2.45, 2.75) is 44.9 Å². The first-order valence-electron chi connectivity index (χ1n) is 5.37. The molecular formula is C12H21ClO. The second kappa shape index (κ2) is 10.8. The molecule has 0 atom stereocenters. The lowest BCUT2D eigenvalue weighted by atomic mass is 10.1. The van der Waals surface area contributed by atoms with Gasteiger partial charge in [-0.15, -0.1) is 6.58 Å². The summed E-state index contributed by atoms with van der Waals surface area (Å²) in [4.78, 5) is 0. The van der Waals surface area contributed by atoms with Gasteiger partial charge < -0.3 is 5.11 Å². The van der Waals surface area contributed by atoms with Crippen molar-refractivity contribution in [2.24, 2.45) is 0 Å². The average Bonchev–Trinajstić information content (AvgIpc) is 2.21. The molecule has 0 radical (unpaired) electrons. The number of rotatable bonds is 9. The maximum atomic E-state index is 8.62. The van der Waals surface area contributed by atoms with Gasteiger partial charge in [-0.05, 0) is 25.7 Å². The van der Waals surface area contributed by atoms with Crippen LogP contribution in [0.1, 0.15) is 44.9 Å². The van der Waals surface area contributed by atoms with E-state index in [1.54, 1.807) is 0 Å². The van der Waals surface area contributed by atoms with E-state index in [9.17, 15) is 0 Å². The Morgan fingerprint density at radius 2 is 1.64 bits per heavy atom. The highest BCUT2D eigenvalue weighted by Crippen LogP contribution is 2.09. The number of aliphatic hydroxyl groups excluding tert-OH is 1. The van der Waals surface area contributed by atoms with Crippen LogP contribution in [0.5, 0.6) is 0 Å². The normalized spacial score (nSPS) is 11.7. The van der Waals surface area contributed by atoms with Crippen LogP contribution in [-0.2, 0) is 0 Å². The summed E-state index contributed by atoms with van der Waals surface area (Å²) in [7, 11) is 0. The summed E-state index contributed by atoms with van der Waals surface area (Å²) in [5.74, 6) is 0. The van der Waals surface area contributed by atoms with Gasteiger partial charge in [0.25, 0.3) is 0 Å². The Morgan fingerprint density at radius 3 is 2.21 bits per heavy atom. The molecule has 0 bridgehead atoms. The van der Waals surface area contributed by atoms with Crippen LogP contribution in [0.2, 0.25) is 0 Å². The van der Waals surface area contributed by atoms with Crippen LogP contribution in [0, 0.1) is 0 Å². The third-order valence-corrected chi connectivity index (χ3v) is 2.40. The van der Waals surface area contributed by atoms with Crippen LogP contribution in [0.3, 0.4) is 0 Å². The van der Waals surface area contributed by atoms with E-state index in [1.807, 2.05) is 12.2 Å². The highest BCUT2D eigenvalue weighted by Gasteiger charge is 1.90. The topological polar surface area (TPSA) is 20.2 Å². The predicted molar refractivity (Wildman–Crippen MR) is 63.5 cm³/mol. The lowest BCUT2D eigenvalue weighted by molar-refractivity contribution is 0.338. The molecule has 0 aliphatic heterocycles. The SMILES string of the molecule is C=CCCCCCCCC=C(Cl)CO. The third-order valence-electron chi connectivity index (χ3n) is 2.13. The van der Waals surface area contributed by atoms with Gasteiger partial charge in [-0.2, -0.15) is 0 Å². The van der Waals surface area contributed by atoms with Crippen molar-refractivity contribution in [3.05, 3.63) is 23.8 Å². The number of hydrogen-bond donors (Lipinski definition) is 1. The second-order valence-corrected chi connectivity index (χ2v) is 3.93. The van der Waals surface area contributed by atoms with Crippen LogP contribution >= 0.6 is 11.6 Å². The summed E-state index contributed by atoms with van der Waals surface area (Å²) in [6.07, 6.45) is 12.3. The van der Waals surface area contributed by atoms with Gasteiger partial charge in [0.1, 0.15) is 0 Å². The van der Waals surface area contributed by atoms with Gasteiger partial charge in [-0.1, -0.05) is 43.0 Å². The number of unbranched alkanes of at least 4 members (excludes halogenated alkanes) is 6. The summed E-state index contributed by atoms with van der Waals surface area (Å²) < 4.78 is 0. The van der Waals surface area contributed by atoms with Gasteiger partial charge in [0.2, 0.25) is 0 Å². The molecule has 1 nitrogen and oxygen atoms in total. The minimum Gasteiger partial charge on any atom is -0.391 e. The molecule has 0 aromatic carbocycles. The molecule has 0 saturated carbocycles. The predicted octanol–water partition coefficient (Wildman–Crippen LogP) is 4.02. The molecular weight excluding hydrogens is 196 g/mol. The molecule has 0 aliphatic rings. The fourth-order valence-electron chi connectivity index (χ4n) is 1.29. The first-order chi connectivity index (χ1) is 6.81. The lowest BCUT2D eigenvalue weighted by Crippen LogP contribution is -1.82. The molecule has 1 N–H and O–H groups in total. The van der Waals surface area contributed by atoms with E-state index in [2.05, 4.69) is 6.58 Å². The second-order valence-electron chi connectivity index (χ2n) is 3.44. The van der Waals surface area contributed by atoms with Crippen molar-refractivity contribution in [3.63, 3.8) is 0 Å². The summed E-state index contributed by atoms with van der Waals surface area (Å²) in [5, 5.41) is 9.19. The molecule has 82 valence electrons. The molecule has 0 saturated heterocycles. The molecule has 0 rings (SSSR count). The summed E-state index contributed by atoms with van der Waals surface area (Å²) in [6, 6.07) is 0. The maximum Gasteiger partial charge on any atom is 0.0784 e.